The highest BCUT2D eigenvalue weighted by Gasteiger charge is 2.35. The molecule has 3 rings (SSSR count). The van der Waals surface area contributed by atoms with E-state index in [1.165, 1.54) is 11.3 Å². The minimum atomic E-state index is -1.05. The zero-order valence-electron chi connectivity index (χ0n) is 10.7. The van der Waals surface area contributed by atoms with Crippen molar-refractivity contribution in [3.63, 3.8) is 0 Å². The molecule has 0 saturated carbocycles. The smallest absolute Gasteiger partial charge is 0.332 e. The van der Waals surface area contributed by atoms with E-state index in [-0.39, 0.29) is 0 Å². The van der Waals surface area contributed by atoms with Crippen LogP contribution in [0.25, 0.3) is 10.2 Å². The second-order valence-corrected chi connectivity index (χ2v) is 5.93. The Bertz CT molecular complexity index is 717. The van der Waals surface area contributed by atoms with Gasteiger partial charge >= 0.3 is 5.97 Å². The first-order valence-electron chi connectivity index (χ1n) is 6.27. The Balaban J connectivity index is 1.79. The standard InChI is InChI=1S/C13H11ClN2O4S/c14-6-1-4-9-11(15-5-21-9)10(6)16-12(17)7-2-3-8(20-7)13(18)19/h1,4-5,7-8H,2-3H2,(H,16,17)(H,18,19). The largest absolute Gasteiger partial charge is 0.479 e. The first kappa shape index (κ1) is 14.2. The van der Waals surface area contributed by atoms with Gasteiger partial charge in [0.05, 0.1) is 20.9 Å². The van der Waals surface area contributed by atoms with Crippen LogP contribution < -0.4 is 5.32 Å². The van der Waals surface area contributed by atoms with Crippen LogP contribution in [0.1, 0.15) is 12.8 Å². The summed E-state index contributed by atoms with van der Waals surface area (Å²) >= 11 is 7.55. The number of carbonyl (C=O) groups excluding carboxylic acids is 1. The van der Waals surface area contributed by atoms with Gasteiger partial charge in [-0.1, -0.05) is 11.6 Å². The number of anilines is 1. The summed E-state index contributed by atoms with van der Waals surface area (Å²) in [6.45, 7) is 0. The molecule has 2 aromatic rings. The molecule has 0 radical (unpaired) electrons. The first-order valence-corrected chi connectivity index (χ1v) is 7.53. The number of hydrogen-bond donors (Lipinski definition) is 2. The fourth-order valence-electron chi connectivity index (χ4n) is 2.24. The number of aliphatic carboxylic acids is 1. The first-order chi connectivity index (χ1) is 10.1. The summed E-state index contributed by atoms with van der Waals surface area (Å²) in [6.07, 6.45) is -1.02. The van der Waals surface area contributed by atoms with E-state index in [4.69, 9.17) is 21.4 Å². The lowest BCUT2D eigenvalue weighted by molar-refractivity contribution is -0.150. The number of carboxylic acid groups (broad SMARTS) is 1. The van der Waals surface area contributed by atoms with Gasteiger partial charge < -0.3 is 15.2 Å². The van der Waals surface area contributed by atoms with Gasteiger partial charge in [-0.05, 0) is 25.0 Å². The zero-order chi connectivity index (χ0) is 15.0. The fraction of sp³-hybridized carbons (Fsp3) is 0.308. The van der Waals surface area contributed by atoms with Crippen LogP contribution in [0.3, 0.4) is 0 Å². The minimum Gasteiger partial charge on any atom is -0.479 e. The average molecular weight is 327 g/mol. The summed E-state index contributed by atoms with van der Waals surface area (Å²) in [7, 11) is 0. The molecular weight excluding hydrogens is 316 g/mol. The van der Waals surface area contributed by atoms with Crippen molar-refractivity contribution < 1.29 is 19.4 Å². The van der Waals surface area contributed by atoms with Gasteiger partial charge in [-0.3, -0.25) is 4.79 Å². The second-order valence-electron chi connectivity index (χ2n) is 4.64. The van der Waals surface area contributed by atoms with Gasteiger partial charge in [-0.25, -0.2) is 9.78 Å². The quantitative estimate of drug-likeness (QED) is 0.904. The van der Waals surface area contributed by atoms with Crippen molar-refractivity contribution in [3.8, 4) is 0 Å². The van der Waals surface area contributed by atoms with Gasteiger partial charge in [0, 0.05) is 0 Å². The molecule has 0 bridgehead atoms. The van der Waals surface area contributed by atoms with Crippen LogP contribution in [0.4, 0.5) is 5.69 Å². The number of rotatable bonds is 3. The Morgan fingerprint density at radius 2 is 2.14 bits per heavy atom. The van der Waals surface area contributed by atoms with E-state index in [0.717, 1.165) is 4.70 Å². The van der Waals surface area contributed by atoms with Gasteiger partial charge in [0.25, 0.3) is 5.91 Å². The summed E-state index contributed by atoms with van der Waals surface area (Å²) < 4.78 is 6.13. The van der Waals surface area contributed by atoms with Crippen molar-refractivity contribution in [3.05, 3.63) is 22.7 Å². The highest BCUT2D eigenvalue weighted by atomic mass is 35.5. The number of fused-ring (bicyclic) bond motifs is 1. The molecular formula is C13H11ClN2O4S. The van der Waals surface area contributed by atoms with E-state index >= 15 is 0 Å². The van der Waals surface area contributed by atoms with Gasteiger partial charge in [-0.2, -0.15) is 0 Å². The van der Waals surface area contributed by atoms with Crippen LogP contribution in [0.2, 0.25) is 5.02 Å². The van der Waals surface area contributed by atoms with Crippen LogP contribution in [0.15, 0.2) is 17.6 Å². The summed E-state index contributed by atoms with van der Waals surface area (Å²) in [4.78, 5) is 27.2. The summed E-state index contributed by atoms with van der Waals surface area (Å²) in [5.74, 6) is -1.45. The van der Waals surface area contributed by atoms with E-state index in [2.05, 4.69) is 10.3 Å². The second kappa shape index (κ2) is 5.59. The normalized spacial score (nSPS) is 21.6. The Labute approximate surface area is 128 Å². The van der Waals surface area contributed by atoms with Gasteiger partial charge in [0.2, 0.25) is 0 Å². The highest BCUT2D eigenvalue weighted by Crippen LogP contribution is 2.33. The SMILES string of the molecule is O=C(O)C1CCC(C(=O)Nc2c(Cl)ccc3scnc23)O1. The Morgan fingerprint density at radius 1 is 1.38 bits per heavy atom. The molecule has 1 aromatic carbocycles. The van der Waals surface area contributed by atoms with E-state index in [9.17, 15) is 9.59 Å². The molecule has 2 atom stereocenters. The highest BCUT2D eigenvalue weighted by molar-refractivity contribution is 7.16. The predicted octanol–water partition coefficient (Wildman–Crippen LogP) is 2.52. The number of halogens is 1. The molecule has 21 heavy (non-hydrogen) atoms. The van der Waals surface area contributed by atoms with Crippen molar-refractivity contribution in [1.82, 2.24) is 4.98 Å². The molecule has 1 fully saturated rings. The zero-order valence-corrected chi connectivity index (χ0v) is 12.3. The summed E-state index contributed by atoms with van der Waals surface area (Å²) in [5, 5.41) is 12.0. The third-order valence-electron chi connectivity index (χ3n) is 3.29. The molecule has 0 spiro atoms. The number of thiazole rings is 1. The molecule has 0 aliphatic carbocycles. The number of hydrogen-bond acceptors (Lipinski definition) is 5. The molecule has 1 saturated heterocycles. The van der Waals surface area contributed by atoms with Crippen molar-refractivity contribution in [2.45, 2.75) is 25.0 Å². The minimum absolute atomic E-state index is 0.321. The topological polar surface area (TPSA) is 88.5 Å². The molecule has 110 valence electrons. The lowest BCUT2D eigenvalue weighted by atomic mass is 10.2. The van der Waals surface area contributed by atoms with Crippen molar-refractivity contribution in [2.24, 2.45) is 0 Å². The molecule has 2 unspecified atom stereocenters. The average Bonchev–Trinajstić information content (AvgIpc) is 3.09. The number of aromatic nitrogens is 1. The number of nitrogens with zero attached hydrogens (tertiary/aromatic N) is 1. The van der Waals surface area contributed by atoms with E-state index in [1.54, 1.807) is 11.6 Å². The van der Waals surface area contributed by atoms with Crippen molar-refractivity contribution in [1.29, 1.82) is 0 Å². The van der Waals surface area contributed by atoms with Gasteiger partial charge in [0.1, 0.15) is 11.6 Å². The van der Waals surface area contributed by atoms with Crippen LogP contribution in [-0.2, 0) is 14.3 Å². The number of ether oxygens (including phenoxy) is 1. The molecule has 6 nitrogen and oxygen atoms in total. The molecule has 2 heterocycles. The molecule has 1 aromatic heterocycles. The maximum absolute atomic E-state index is 12.2. The molecule has 8 heteroatoms. The lowest BCUT2D eigenvalue weighted by Crippen LogP contribution is -2.30. The Hall–Kier alpha value is -1.70. The van der Waals surface area contributed by atoms with Crippen molar-refractivity contribution in [2.75, 3.05) is 5.32 Å². The van der Waals surface area contributed by atoms with E-state index in [1.807, 2.05) is 6.07 Å². The number of carboxylic acids is 1. The monoisotopic (exact) mass is 326 g/mol. The number of carbonyl (C=O) groups is 2. The molecule has 1 aliphatic rings. The number of benzene rings is 1. The lowest BCUT2D eigenvalue weighted by Gasteiger charge is -2.13. The molecule has 2 N–H and O–H groups in total. The number of amides is 1. The molecule has 1 aliphatic heterocycles. The summed E-state index contributed by atoms with van der Waals surface area (Å²) in [6, 6.07) is 3.52. The van der Waals surface area contributed by atoms with Crippen LogP contribution in [0, 0.1) is 0 Å². The Morgan fingerprint density at radius 3 is 2.86 bits per heavy atom. The Kier molecular flexibility index (Phi) is 3.79. The molecule has 1 amide bonds. The van der Waals surface area contributed by atoms with Gasteiger partial charge in [-0.15, -0.1) is 11.3 Å². The summed E-state index contributed by atoms with van der Waals surface area (Å²) in [5.41, 5.74) is 2.72. The third-order valence-corrected chi connectivity index (χ3v) is 4.40. The van der Waals surface area contributed by atoms with Crippen LogP contribution in [0.5, 0.6) is 0 Å². The maximum atomic E-state index is 12.2. The third kappa shape index (κ3) is 2.72. The predicted molar refractivity (Wildman–Crippen MR) is 78.8 cm³/mol. The number of nitrogens with one attached hydrogen (secondary N) is 1. The fourth-order valence-corrected chi connectivity index (χ4v) is 3.13. The van der Waals surface area contributed by atoms with Gasteiger partial charge in [0.15, 0.2) is 6.10 Å². The van der Waals surface area contributed by atoms with Crippen molar-refractivity contribution >= 4 is 50.7 Å². The van der Waals surface area contributed by atoms with E-state index in [0.29, 0.717) is 29.1 Å². The van der Waals surface area contributed by atoms with Crippen LogP contribution >= 0.6 is 22.9 Å². The van der Waals surface area contributed by atoms with E-state index < -0.39 is 24.1 Å². The maximum Gasteiger partial charge on any atom is 0.332 e. The van der Waals surface area contributed by atoms with Crippen LogP contribution in [-0.4, -0.2) is 34.2 Å².